The fourth-order valence-corrected chi connectivity index (χ4v) is 2.20. The summed E-state index contributed by atoms with van der Waals surface area (Å²) in [6, 6.07) is 5.51. The Labute approximate surface area is 138 Å². The maximum Gasteiger partial charge on any atom is 0.335 e. The highest BCUT2D eigenvalue weighted by Crippen LogP contribution is 2.23. The third-order valence-corrected chi connectivity index (χ3v) is 3.43. The van der Waals surface area contributed by atoms with Gasteiger partial charge in [0.1, 0.15) is 0 Å². The lowest BCUT2D eigenvalue weighted by Gasteiger charge is -2.28. The molecule has 1 aliphatic heterocycles. The molecule has 1 aliphatic rings. The van der Waals surface area contributed by atoms with Crippen LogP contribution in [0.2, 0.25) is 5.02 Å². The SMILES string of the molecule is CN(C)CCN=CC1C(=O)NC(=O)N(c2cccc(Cl)c2)C1=O. The van der Waals surface area contributed by atoms with Gasteiger partial charge >= 0.3 is 6.03 Å². The molecule has 2 rings (SSSR count). The number of anilines is 1. The predicted molar refractivity (Wildman–Crippen MR) is 87.9 cm³/mol. The molecule has 0 radical (unpaired) electrons. The molecule has 122 valence electrons. The summed E-state index contributed by atoms with van der Waals surface area (Å²) >= 11 is 5.89. The van der Waals surface area contributed by atoms with Crippen LogP contribution in [0.15, 0.2) is 29.3 Å². The van der Waals surface area contributed by atoms with Crippen molar-refractivity contribution in [2.24, 2.45) is 10.9 Å². The van der Waals surface area contributed by atoms with Gasteiger partial charge in [-0.05, 0) is 32.3 Å². The van der Waals surface area contributed by atoms with Gasteiger partial charge in [0.25, 0.3) is 5.91 Å². The molecule has 0 aromatic heterocycles. The molecule has 7 nitrogen and oxygen atoms in total. The molecule has 0 saturated carbocycles. The van der Waals surface area contributed by atoms with Gasteiger partial charge in [-0.2, -0.15) is 0 Å². The van der Waals surface area contributed by atoms with Gasteiger partial charge in [0, 0.05) is 17.8 Å². The van der Waals surface area contributed by atoms with Crippen molar-refractivity contribution >= 4 is 41.3 Å². The Morgan fingerprint density at radius 3 is 2.74 bits per heavy atom. The Bertz CT molecular complexity index is 660. The van der Waals surface area contributed by atoms with Crippen molar-refractivity contribution in [3.8, 4) is 0 Å². The zero-order valence-corrected chi connectivity index (χ0v) is 13.6. The van der Waals surface area contributed by atoms with E-state index in [9.17, 15) is 14.4 Å². The van der Waals surface area contributed by atoms with Crippen LogP contribution in [0, 0.1) is 5.92 Å². The maximum atomic E-state index is 12.5. The van der Waals surface area contributed by atoms with E-state index in [0.717, 1.165) is 4.90 Å². The number of urea groups is 1. The summed E-state index contributed by atoms with van der Waals surface area (Å²) in [4.78, 5) is 43.3. The van der Waals surface area contributed by atoms with Crippen LogP contribution in [-0.4, -0.2) is 56.1 Å². The van der Waals surface area contributed by atoms with E-state index >= 15 is 0 Å². The largest absolute Gasteiger partial charge is 0.335 e. The third-order valence-electron chi connectivity index (χ3n) is 3.20. The quantitative estimate of drug-likeness (QED) is 0.646. The highest BCUT2D eigenvalue weighted by molar-refractivity contribution is 6.34. The standard InChI is InChI=1S/C15H17ClN4O3/c1-19(2)7-6-17-9-12-13(21)18-15(23)20(14(12)22)11-5-3-4-10(16)8-11/h3-5,8-9,12H,6-7H2,1-2H3,(H,18,21,23). The van der Waals surface area contributed by atoms with E-state index in [2.05, 4.69) is 10.3 Å². The zero-order chi connectivity index (χ0) is 17.0. The van der Waals surface area contributed by atoms with Gasteiger partial charge in [-0.25, -0.2) is 9.69 Å². The average Bonchev–Trinajstić information content (AvgIpc) is 2.45. The zero-order valence-electron chi connectivity index (χ0n) is 12.8. The normalized spacial score (nSPS) is 18.9. The number of barbiturate groups is 1. The summed E-state index contributed by atoms with van der Waals surface area (Å²) < 4.78 is 0. The van der Waals surface area contributed by atoms with E-state index in [0.29, 0.717) is 23.8 Å². The highest BCUT2D eigenvalue weighted by Gasteiger charge is 2.40. The lowest BCUT2D eigenvalue weighted by molar-refractivity contribution is -0.131. The second-order valence-corrected chi connectivity index (χ2v) is 5.72. The van der Waals surface area contributed by atoms with Crippen molar-refractivity contribution in [3.05, 3.63) is 29.3 Å². The van der Waals surface area contributed by atoms with Crippen molar-refractivity contribution in [3.63, 3.8) is 0 Å². The van der Waals surface area contributed by atoms with Crippen molar-refractivity contribution in [1.82, 2.24) is 10.2 Å². The number of imide groups is 2. The summed E-state index contributed by atoms with van der Waals surface area (Å²) in [5.74, 6) is -2.45. The van der Waals surface area contributed by atoms with Gasteiger partial charge in [0.2, 0.25) is 5.91 Å². The molecular weight excluding hydrogens is 320 g/mol. The molecule has 1 heterocycles. The van der Waals surface area contributed by atoms with Gasteiger partial charge in [0.05, 0.1) is 12.2 Å². The topological polar surface area (TPSA) is 82.1 Å². The smallest absolute Gasteiger partial charge is 0.308 e. The first-order valence-electron chi connectivity index (χ1n) is 6.99. The molecule has 1 fully saturated rings. The van der Waals surface area contributed by atoms with Crippen LogP contribution in [0.4, 0.5) is 10.5 Å². The third kappa shape index (κ3) is 4.14. The number of likely N-dealkylation sites (N-methyl/N-ethyl adjacent to an activating group) is 1. The van der Waals surface area contributed by atoms with Crippen LogP contribution in [0.25, 0.3) is 0 Å². The van der Waals surface area contributed by atoms with E-state index < -0.39 is 23.8 Å². The highest BCUT2D eigenvalue weighted by atomic mass is 35.5. The van der Waals surface area contributed by atoms with Gasteiger partial charge in [-0.3, -0.25) is 19.9 Å². The summed E-state index contributed by atoms with van der Waals surface area (Å²) in [6.07, 6.45) is 1.28. The Kier molecular flexibility index (Phi) is 5.46. The fourth-order valence-electron chi connectivity index (χ4n) is 2.02. The van der Waals surface area contributed by atoms with E-state index in [1.54, 1.807) is 18.2 Å². The number of hydrogen-bond acceptors (Lipinski definition) is 5. The lowest BCUT2D eigenvalue weighted by Crippen LogP contribution is -2.58. The van der Waals surface area contributed by atoms with Crippen molar-refractivity contribution in [2.75, 3.05) is 32.1 Å². The molecule has 1 saturated heterocycles. The number of benzene rings is 1. The Morgan fingerprint density at radius 2 is 2.09 bits per heavy atom. The fraction of sp³-hybridized carbons (Fsp3) is 0.333. The number of nitrogens with zero attached hydrogens (tertiary/aromatic N) is 3. The van der Waals surface area contributed by atoms with E-state index in [1.165, 1.54) is 12.3 Å². The Balaban J connectivity index is 2.20. The van der Waals surface area contributed by atoms with Gasteiger partial charge in [0.15, 0.2) is 5.92 Å². The van der Waals surface area contributed by atoms with Crippen LogP contribution >= 0.6 is 11.6 Å². The molecule has 1 aromatic carbocycles. The molecule has 1 N–H and O–H groups in total. The van der Waals surface area contributed by atoms with Crippen molar-refractivity contribution in [2.45, 2.75) is 0 Å². The van der Waals surface area contributed by atoms with E-state index in [4.69, 9.17) is 11.6 Å². The molecule has 0 aliphatic carbocycles. The summed E-state index contributed by atoms with van der Waals surface area (Å²) in [6.45, 7) is 1.14. The van der Waals surface area contributed by atoms with Crippen molar-refractivity contribution < 1.29 is 14.4 Å². The summed E-state index contributed by atoms with van der Waals surface area (Å²) in [5, 5.41) is 2.55. The van der Waals surface area contributed by atoms with E-state index in [1.807, 2.05) is 19.0 Å². The number of carbonyl (C=O) groups is 3. The molecular formula is C15H17ClN4O3. The summed E-state index contributed by atoms with van der Waals surface area (Å²) in [5.41, 5.74) is 0.305. The van der Waals surface area contributed by atoms with Crippen LogP contribution in [0.5, 0.6) is 0 Å². The van der Waals surface area contributed by atoms with Gasteiger partial charge < -0.3 is 4.90 Å². The Hall–Kier alpha value is -2.25. The molecule has 1 aromatic rings. The monoisotopic (exact) mass is 336 g/mol. The molecule has 0 spiro atoms. The first-order chi connectivity index (χ1) is 10.9. The molecule has 4 amide bonds. The van der Waals surface area contributed by atoms with Gasteiger partial charge in [-0.15, -0.1) is 0 Å². The second kappa shape index (κ2) is 7.34. The first kappa shape index (κ1) is 17.1. The Morgan fingerprint density at radius 1 is 1.35 bits per heavy atom. The minimum atomic E-state index is -1.13. The number of nitrogens with one attached hydrogen (secondary N) is 1. The average molecular weight is 337 g/mol. The number of carbonyl (C=O) groups excluding carboxylic acids is 3. The van der Waals surface area contributed by atoms with Crippen LogP contribution < -0.4 is 10.2 Å². The van der Waals surface area contributed by atoms with Crippen LogP contribution in [0.1, 0.15) is 0 Å². The minimum absolute atomic E-state index is 0.305. The second-order valence-electron chi connectivity index (χ2n) is 5.28. The number of aliphatic imine (C=N–C) groups is 1. The molecule has 1 atom stereocenters. The number of halogens is 1. The molecule has 23 heavy (non-hydrogen) atoms. The van der Waals surface area contributed by atoms with E-state index in [-0.39, 0.29) is 0 Å². The minimum Gasteiger partial charge on any atom is -0.308 e. The lowest BCUT2D eigenvalue weighted by atomic mass is 10.1. The number of rotatable bonds is 5. The molecule has 0 bridgehead atoms. The molecule has 1 unspecified atom stereocenters. The van der Waals surface area contributed by atoms with Gasteiger partial charge in [-0.1, -0.05) is 17.7 Å². The van der Waals surface area contributed by atoms with Crippen molar-refractivity contribution in [1.29, 1.82) is 0 Å². The predicted octanol–water partition coefficient (Wildman–Crippen LogP) is 1.17. The number of amides is 4. The maximum absolute atomic E-state index is 12.5. The summed E-state index contributed by atoms with van der Waals surface area (Å²) in [7, 11) is 3.79. The number of hydrogen-bond donors (Lipinski definition) is 1. The molecule has 8 heteroatoms. The van der Waals surface area contributed by atoms with Crippen LogP contribution in [0.3, 0.4) is 0 Å². The first-order valence-corrected chi connectivity index (χ1v) is 7.37. The van der Waals surface area contributed by atoms with Crippen LogP contribution in [-0.2, 0) is 9.59 Å².